The average molecular weight is 626 g/mol. The summed E-state index contributed by atoms with van der Waals surface area (Å²) in [7, 11) is 0. The summed E-state index contributed by atoms with van der Waals surface area (Å²) in [5, 5.41) is 0. The fourth-order valence-electron chi connectivity index (χ4n) is 6.55. The Bertz CT molecular complexity index is 1080. The predicted molar refractivity (Wildman–Crippen MR) is 139 cm³/mol. The minimum absolute atomic E-state index is 0. The summed E-state index contributed by atoms with van der Waals surface area (Å²) in [6, 6.07) is 9.31. The predicted octanol–water partition coefficient (Wildman–Crippen LogP) is 7.71. The first kappa shape index (κ1) is 25.8. The zero-order valence-electron chi connectivity index (χ0n) is 19.6. The number of hydrogen-bond acceptors (Lipinski definition) is 0. The van der Waals surface area contributed by atoms with Crippen molar-refractivity contribution in [2.24, 2.45) is 0 Å². The van der Waals surface area contributed by atoms with Crippen LogP contribution in [0.5, 0.6) is 0 Å². The number of rotatable bonds is 2. The number of allylic oxidation sites excluding steroid dienone is 2. The summed E-state index contributed by atoms with van der Waals surface area (Å²) in [6.45, 7) is 16.5. The fraction of sp³-hybridized carbons (Fsp3) is 0.385. The largest absolute Gasteiger partial charge is 0.147 e. The molecule has 2 aromatic carbocycles. The first-order valence-electron chi connectivity index (χ1n) is 10.6. The van der Waals surface area contributed by atoms with Gasteiger partial charge in [-0.2, -0.15) is 0 Å². The van der Waals surface area contributed by atoms with Crippen LogP contribution in [-0.4, -0.2) is 6.94 Å². The second-order valence-electron chi connectivity index (χ2n) is 10.6. The molecular formula is C26H36Cl2HfSi. The van der Waals surface area contributed by atoms with Gasteiger partial charge in [-0.05, 0) is 0 Å². The van der Waals surface area contributed by atoms with Crippen molar-refractivity contribution in [3.63, 3.8) is 0 Å². The van der Waals surface area contributed by atoms with Crippen LogP contribution in [0.25, 0.3) is 12.2 Å². The van der Waals surface area contributed by atoms with E-state index >= 15 is 0 Å². The molecule has 0 spiro atoms. The van der Waals surface area contributed by atoms with Crippen molar-refractivity contribution < 1.29 is 17.1 Å². The Labute approximate surface area is 197 Å². The Morgan fingerprint density at radius 2 is 0.900 bits per heavy atom. The maximum absolute atomic E-state index is 3.45. The zero-order valence-corrected chi connectivity index (χ0v) is 26.3. The summed E-state index contributed by atoms with van der Waals surface area (Å²) < 4.78 is 6.77. The molecule has 0 N–H and O–H groups in total. The van der Waals surface area contributed by atoms with E-state index in [1.165, 1.54) is 33.4 Å². The van der Waals surface area contributed by atoms with Crippen molar-refractivity contribution in [1.29, 1.82) is 0 Å². The second-order valence-corrected chi connectivity index (χ2v) is 54.1. The van der Waals surface area contributed by atoms with Crippen molar-refractivity contribution in [3.8, 4) is 0 Å². The molecule has 2 aliphatic carbocycles. The summed E-state index contributed by atoms with van der Waals surface area (Å²) in [6.07, 6.45) is 5.02. The van der Waals surface area contributed by atoms with Gasteiger partial charge in [0.15, 0.2) is 0 Å². The quantitative estimate of drug-likeness (QED) is 0.300. The van der Waals surface area contributed by atoms with E-state index in [-0.39, 0.29) is 24.8 Å². The van der Waals surface area contributed by atoms with Gasteiger partial charge in [-0.15, -0.1) is 24.8 Å². The van der Waals surface area contributed by atoms with Gasteiger partial charge in [0.1, 0.15) is 0 Å². The molecular weight excluding hydrogens is 590 g/mol. The van der Waals surface area contributed by atoms with Crippen LogP contribution in [0.4, 0.5) is 0 Å². The Hall–Kier alpha value is -0.413. The molecule has 2 aromatic rings. The summed E-state index contributed by atoms with van der Waals surface area (Å²) >= 11 is -3.45. The normalized spacial score (nSPS) is 19.9. The third kappa shape index (κ3) is 3.60. The molecule has 0 heterocycles. The molecule has 2 unspecified atom stereocenters. The Balaban J connectivity index is 0.00000160. The fourth-order valence-corrected chi connectivity index (χ4v) is 37.3. The molecule has 0 aromatic heterocycles. The molecule has 2 atom stereocenters. The van der Waals surface area contributed by atoms with Crippen LogP contribution >= 0.6 is 24.8 Å². The topological polar surface area (TPSA) is 0 Å². The molecule has 2 aliphatic rings. The van der Waals surface area contributed by atoms with Gasteiger partial charge in [0.05, 0.1) is 0 Å². The van der Waals surface area contributed by atoms with Crippen LogP contribution in [0.2, 0.25) is 9.36 Å². The first-order chi connectivity index (χ1) is 12.9. The van der Waals surface area contributed by atoms with E-state index in [9.17, 15) is 0 Å². The van der Waals surface area contributed by atoms with Crippen LogP contribution < -0.4 is 0 Å². The Morgan fingerprint density at radius 3 is 1.23 bits per heavy atom. The molecule has 0 bridgehead atoms. The van der Waals surface area contributed by atoms with Crippen LogP contribution in [0.3, 0.4) is 0 Å². The molecule has 0 radical (unpaired) electrons. The van der Waals surface area contributed by atoms with Gasteiger partial charge < -0.3 is 0 Å². The number of halogens is 2. The third-order valence-electron chi connectivity index (χ3n) is 7.57. The maximum Gasteiger partial charge on any atom is -0.147 e. The van der Waals surface area contributed by atoms with Gasteiger partial charge >= 0.3 is 174 Å². The zero-order chi connectivity index (χ0) is 20.6. The molecule has 4 rings (SSSR count). The van der Waals surface area contributed by atoms with E-state index in [1.807, 2.05) is 0 Å². The second kappa shape index (κ2) is 8.18. The maximum atomic E-state index is 2.74. The summed E-state index contributed by atoms with van der Waals surface area (Å²) in [4.78, 5) is 0. The van der Waals surface area contributed by atoms with Crippen LogP contribution in [0, 0.1) is 27.7 Å². The molecule has 162 valence electrons. The molecule has 30 heavy (non-hydrogen) atoms. The van der Waals surface area contributed by atoms with E-state index in [1.54, 1.807) is 22.3 Å². The van der Waals surface area contributed by atoms with Gasteiger partial charge in [-0.1, -0.05) is 0 Å². The smallest absolute Gasteiger partial charge is 0.147 e. The van der Waals surface area contributed by atoms with Crippen molar-refractivity contribution in [2.75, 3.05) is 0 Å². The van der Waals surface area contributed by atoms with Gasteiger partial charge in [0.2, 0.25) is 0 Å². The Kier molecular flexibility index (Phi) is 7.04. The van der Waals surface area contributed by atoms with Gasteiger partial charge in [-0.25, -0.2) is 0 Å². The van der Waals surface area contributed by atoms with Crippen LogP contribution in [-0.2, 0) is 17.1 Å². The summed E-state index contributed by atoms with van der Waals surface area (Å²) in [5.74, 6) is 0. The molecule has 0 saturated carbocycles. The molecule has 0 saturated heterocycles. The monoisotopic (exact) mass is 626 g/mol. The standard InChI is InChI=1S/2C12H13.2CH3.2ClH.Hf.H2Si/c2*1-8-6-11-9(2)4-5-10(3)12(11)7-8;;;;;;/h2*4-7H,1-3H3;2*1H3;2*1H;;1H2. The van der Waals surface area contributed by atoms with Crippen molar-refractivity contribution in [3.05, 3.63) is 79.9 Å². The molecule has 0 fully saturated rings. The van der Waals surface area contributed by atoms with Gasteiger partial charge in [-0.3, -0.25) is 0 Å². The van der Waals surface area contributed by atoms with E-state index in [2.05, 4.69) is 94.3 Å². The first-order valence-corrected chi connectivity index (χ1v) is 30.2. The van der Waals surface area contributed by atoms with Crippen LogP contribution in [0.1, 0.15) is 65.7 Å². The van der Waals surface area contributed by atoms with Crippen molar-refractivity contribution in [2.45, 2.75) is 58.3 Å². The molecule has 0 amide bonds. The van der Waals surface area contributed by atoms with E-state index < -0.39 is 17.1 Å². The van der Waals surface area contributed by atoms with E-state index in [0.717, 1.165) is 0 Å². The SMILES string of the molecule is CC1=Cc2c(C)ccc(C)c2[CH]1[Hf]([CH3])([CH3])(=[SiH2])[CH]1C(C)=Cc2c(C)ccc(C)c21.Cl.Cl. The van der Waals surface area contributed by atoms with Crippen molar-refractivity contribution in [1.82, 2.24) is 0 Å². The van der Waals surface area contributed by atoms with Gasteiger partial charge in [0.25, 0.3) is 0 Å². The molecule has 0 nitrogen and oxygen atoms in total. The van der Waals surface area contributed by atoms with Crippen molar-refractivity contribution >= 4 is 43.9 Å². The number of hydrogen-bond donors (Lipinski definition) is 0. The average Bonchev–Trinajstić information content (AvgIpc) is 3.14. The Morgan fingerprint density at radius 1 is 0.600 bits per heavy atom. The van der Waals surface area contributed by atoms with Gasteiger partial charge in [0, 0.05) is 0 Å². The molecule has 0 aliphatic heterocycles. The number of aryl methyl sites for hydroxylation is 4. The number of fused-ring (bicyclic) bond motifs is 2. The number of benzene rings is 2. The minimum atomic E-state index is -3.45. The van der Waals surface area contributed by atoms with E-state index in [0.29, 0.717) is 7.35 Å². The van der Waals surface area contributed by atoms with Crippen LogP contribution in [0.15, 0.2) is 35.4 Å². The minimum Gasteiger partial charge on any atom is -0.147 e. The summed E-state index contributed by atoms with van der Waals surface area (Å²) in [5.41, 5.74) is 15.4. The third-order valence-corrected chi connectivity index (χ3v) is 33.2. The van der Waals surface area contributed by atoms with E-state index in [4.69, 9.17) is 0 Å². The molecule has 4 heteroatoms.